The highest BCUT2D eigenvalue weighted by Crippen LogP contribution is 2.18. The second-order valence-electron chi connectivity index (χ2n) is 5.88. The standard InChI is InChI=1S/C17H21N3O4/c1-11-4-6-13(7-5-11)16-19-18-14(24-16)8-9-15(21)20(3)10-12(2)17(22)23/h4-7,12H,8-10H2,1-3H3,(H,22,23)/t12-/m0/s1. The Morgan fingerprint density at radius 3 is 2.54 bits per heavy atom. The normalized spacial score (nSPS) is 12.0. The minimum atomic E-state index is -0.922. The summed E-state index contributed by atoms with van der Waals surface area (Å²) in [6, 6.07) is 7.72. The third kappa shape index (κ3) is 4.65. The second kappa shape index (κ2) is 7.72. The molecule has 1 atom stereocenters. The van der Waals surface area contributed by atoms with E-state index in [1.54, 1.807) is 14.0 Å². The zero-order chi connectivity index (χ0) is 17.7. The molecule has 0 fully saturated rings. The van der Waals surface area contributed by atoms with Gasteiger partial charge in [-0.25, -0.2) is 0 Å². The molecule has 0 saturated carbocycles. The lowest BCUT2D eigenvalue weighted by Crippen LogP contribution is -2.33. The molecule has 7 heteroatoms. The largest absolute Gasteiger partial charge is 0.481 e. The summed E-state index contributed by atoms with van der Waals surface area (Å²) in [5, 5.41) is 16.8. The molecule has 0 spiro atoms. The number of carboxylic acid groups (broad SMARTS) is 1. The van der Waals surface area contributed by atoms with Crippen LogP contribution < -0.4 is 0 Å². The van der Waals surface area contributed by atoms with Crippen molar-refractivity contribution in [2.45, 2.75) is 26.7 Å². The number of hydrogen-bond donors (Lipinski definition) is 1. The smallest absolute Gasteiger partial charge is 0.308 e. The minimum absolute atomic E-state index is 0.154. The molecule has 1 aromatic carbocycles. The molecule has 24 heavy (non-hydrogen) atoms. The molecule has 0 saturated heterocycles. The van der Waals surface area contributed by atoms with Gasteiger partial charge in [-0.2, -0.15) is 0 Å². The van der Waals surface area contributed by atoms with Crippen LogP contribution >= 0.6 is 0 Å². The highest BCUT2D eigenvalue weighted by atomic mass is 16.4. The van der Waals surface area contributed by atoms with Gasteiger partial charge in [-0.3, -0.25) is 9.59 Å². The van der Waals surface area contributed by atoms with Crippen LogP contribution in [0.4, 0.5) is 0 Å². The molecule has 0 aliphatic carbocycles. The maximum atomic E-state index is 12.0. The van der Waals surface area contributed by atoms with Crippen LogP contribution in [0.15, 0.2) is 28.7 Å². The number of benzene rings is 1. The number of aliphatic carboxylic acids is 1. The lowest BCUT2D eigenvalue weighted by Gasteiger charge is -2.19. The summed E-state index contributed by atoms with van der Waals surface area (Å²) in [5.41, 5.74) is 1.97. The van der Waals surface area contributed by atoms with Crippen molar-refractivity contribution in [2.24, 2.45) is 5.92 Å². The van der Waals surface area contributed by atoms with Gasteiger partial charge in [-0.1, -0.05) is 24.6 Å². The van der Waals surface area contributed by atoms with Crippen molar-refractivity contribution >= 4 is 11.9 Å². The van der Waals surface area contributed by atoms with E-state index in [-0.39, 0.29) is 18.9 Å². The Morgan fingerprint density at radius 1 is 1.25 bits per heavy atom. The molecular formula is C17H21N3O4. The Labute approximate surface area is 140 Å². The number of amides is 1. The molecule has 1 heterocycles. The van der Waals surface area contributed by atoms with E-state index in [1.165, 1.54) is 4.90 Å². The van der Waals surface area contributed by atoms with Gasteiger partial charge in [0.05, 0.1) is 5.92 Å². The number of aryl methyl sites for hydroxylation is 2. The van der Waals surface area contributed by atoms with Crippen LogP contribution in [0.3, 0.4) is 0 Å². The van der Waals surface area contributed by atoms with Crippen LogP contribution in [-0.2, 0) is 16.0 Å². The van der Waals surface area contributed by atoms with Gasteiger partial charge in [0.2, 0.25) is 17.7 Å². The van der Waals surface area contributed by atoms with Crippen LogP contribution in [0.25, 0.3) is 11.5 Å². The maximum Gasteiger partial charge on any atom is 0.308 e. The van der Waals surface area contributed by atoms with Crippen molar-refractivity contribution in [1.82, 2.24) is 15.1 Å². The second-order valence-corrected chi connectivity index (χ2v) is 5.88. The van der Waals surface area contributed by atoms with Gasteiger partial charge in [0.1, 0.15) is 0 Å². The van der Waals surface area contributed by atoms with E-state index < -0.39 is 11.9 Å². The van der Waals surface area contributed by atoms with E-state index in [0.717, 1.165) is 11.1 Å². The predicted molar refractivity (Wildman–Crippen MR) is 87.2 cm³/mol. The summed E-state index contributed by atoms with van der Waals surface area (Å²) in [5.74, 6) is -0.869. The summed E-state index contributed by atoms with van der Waals surface area (Å²) >= 11 is 0. The van der Waals surface area contributed by atoms with Crippen LogP contribution in [0.5, 0.6) is 0 Å². The molecule has 0 radical (unpaired) electrons. The predicted octanol–water partition coefficient (Wildman–Crippen LogP) is 2.16. The number of nitrogens with zero attached hydrogens (tertiary/aromatic N) is 3. The number of aromatic nitrogens is 2. The lowest BCUT2D eigenvalue weighted by atomic mass is 10.1. The van der Waals surface area contributed by atoms with Gasteiger partial charge >= 0.3 is 5.97 Å². The monoisotopic (exact) mass is 331 g/mol. The van der Waals surface area contributed by atoms with Crippen molar-refractivity contribution in [3.8, 4) is 11.5 Å². The van der Waals surface area contributed by atoms with Crippen LogP contribution in [0.2, 0.25) is 0 Å². The third-order valence-corrected chi connectivity index (χ3v) is 3.71. The van der Waals surface area contributed by atoms with E-state index in [1.807, 2.05) is 31.2 Å². The first-order valence-electron chi connectivity index (χ1n) is 7.73. The molecule has 2 aromatic rings. The van der Waals surface area contributed by atoms with E-state index >= 15 is 0 Å². The minimum Gasteiger partial charge on any atom is -0.481 e. The number of carbonyl (C=O) groups excluding carboxylic acids is 1. The molecule has 1 N–H and O–H groups in total. The van der Waals surface area contributed by atoms with Crippen molar-refractivity contribution in [1.29, 1.82) is 0 Å². The van der Waals surface area contributed by atoms with Crippen molar-refractivity contribution in [3.05, 3.63) is 35.7 Å². The molecular weight excluding hydrogens is 310 g/mol. The molecule has 7 nitrogen and oxygen atoms in total. The fraction of sp³-hybridized carbons (Fsp3) is 0.412. The number of hydrogen-bond acceptors (Lipinski definition) is 5. The molecule has 0 bridgehead atoms. The van der Waals surface area contributed by atoms with Crippen LogP contribution in [-0.4, -0.2) is 45.7 Å². The van der Waals surface area contributed by atoms with E-state index in [0.29, 0.717) is 18.2 Å². The van der Waals surface area contributed by atoms with Gasteiger partial charge in [-0.05, 0) is 19.1 Å². The molecule has 0 unspecified atom stereocenters. The van der Waals surface area contributed by atoms with Crippen LogP contribution in [0.1, 0.15) is 24.8 Å². The molecule has 0 aliphatic rings. The van der Waals surface area contributed by atoms with E-state index in [9.17, 15) is 9.59 Å². The van der Waals surface area contributed by atoms with Crippen molar-refractivity contribution in [2.75, 3.05) is 13.6 Å². The Hall–Kier alpha value is -2.70. The third-order valence-electron chi connectivity index (χ3n) is 3.71. The quantitative estimate of drug-likeness (QED) is 0.835. The first kappa shape index (κ1) is 17.7. The summed E-state index contributed by atoms with van der Waals surface area (Å²) in [4.78, 5) is 24.3. The maximum absolute atomic E-state index is 12.0. The zero-order valence-corrected chi connectivity index (χ0v) is 14.0. The van der Waals surface area contributed by atoms with Gasteiger partial charge in [0, 0.05) is 32.0 Å². The Bertz CT molecular complexity index is 709. The van der Waals surface area contributed by atoms with Crippen molar-refractivity contribution in [3.63, 3.8) is 0 Å². The first-order valence-corrected chi connectivity index (χ1v) is 7.73. The summed E-state index contributed by atoms with van der Waals surface area (Å²) in [7, 11) is 1.59. The average molecular weight is 331 g/mol. The van der Waals surface area contributed by atoms with E-state index in [2.05, 4.69) is 10.2 Å². The zero-order valence-electron chi connectivity index (χ0n) is 14.0. The Morgan fingerprint density at radius 2 is 1.92 bits per heavy atom. The fourth-order valence-electron chi connectivity index (χ4n) is 2.16. The van der Waals surface area contributed by atoms with Crippen molar-refractivity contribution < 1.29 is 19.1 Å². The van der Waals surface area contributed by atoms with Gasteiger partial charge in [0.25, 0.3) is 0 Å². The molecule has 1 aromatic heterocycles. The molecule has 2 rings (SSSR count). The molecule has 128 valence electrons. The fourth-order valence-corrected chi connectivity index (χ4v) is 2.16. The Kier molecular flexibility index (Phi) is 5.68. The number of rotatable bonds is 7. The van der Waals surface area contributed by atoms with Gasteiger partial charge in [-0.15, -0.1) is 10.2 Å². The summed E-state index contributed by atoms with van der Waals surface area (Å²) in [6.07, 6.45) is 0.516. The number of carbonyl (C=O) groups is 2. The first-order chi connectivity index (χ1) is 11.4. The Balaban J connectivity index is 1.89. The molecule has 1 amide bonds. The molecule has 0 aliphatic heterocycles. The number of carboxylic acids is 1. The van der Waals surface area contributed by atoms with Crippen LogP contribution in [0, 0.1) is 12.8 Å². The van der Waals surface area contributed by atoms with Gasteiger partial charge in [0.15, 0.2) is 0 Å². The topological polar surface area (TPSA) is 96.5 Å². The van der Waals surface area contributed by atoms with Gasteiger partial charge < -0.3 is 14.4 Å². The highest BCUT2D eigenvalue weighted by molar-refractivity contribution is 5.77. The van der Waals surface area contributed by atoms with E-state index in [4.69, 9.17) is 9.52 Å². The summed E-state index contributed by atoms with van der Waals surface area (Å²) in [6.45, 7) is 3.74. The summed E-state index contributed by atoms with van der Waals surface area (Å²) < 4.78 is 5.57. The average Bonchev–Trinajstić information content (AvgIpc) is 3.02. The highest BCUT2D eigenvalue weighted by Gasteiger charge is 2.18. The lowest BCUT2D eigenvalue weighted by molar-refractivity contribution is -0.142. The SMILES string of the molecule is Cc1ccc(-c2nnc(CCC(=O)N(C)C[C@H](C)C(=O)O)o2)cc1.